The van der Waals surface area contributed by atoms with Gasteiger partial charge in [-0.3, -0.25) is 4.79 Å². The van der Waals surface area contributed by atoms with Gasteiger partial charge in [-0.05, 0) is 36.5 Å². The molecule has 0 aromatic heterocycles. The number of aliphatic hydroxyl groups excluding tert-OH is 1. The molecule has 19 heavy (non-hydrogen) atoms. The Kier molecular flexibility index (Phi) is 5.99. The average molecular weight is 265 g/mol. The van der Waals surface area contributed by atoms with Crippen molar-refractivity contribution >= 4 is 5.97 Å². The first-order valence-corrected chi connectivity index (χ1v) is 6.62. The normalized spacial score (nSPS) is 14.2. The number of aliphatic hydroxyl groups is 1. The number of hydrogen-bond donors (Lipinski definition) is 2. The molecule has 106 valence electrons. The summed E-state index contributed by atoms with van der Waals surface area (Å²) in [6.07, 6.45) is 1.08. The van der Waals surface area contributed by atoms with E-state index in [4.69, 9.17) is 10.5 Å². The van der Waals surface area contributed by atoms with Crippen molar-refractivity contribution < 1.29 is 14.6 Å². The van der Waals surface area contributed by atoms with Crippen LogP contribution in [-0.4, -0.2) is 17.2 Å². The van der Waals surface area contributed by atoms with Gasteiger partial charge in [0.05, 0.1) is 12.1 Å². The lowest BCUT2D eigenvalue weighted by molar-refractivity contribution is -0.131. The van der Waals surface area contributed by atoms with Crippen LogP contribution in [0.3, 0.4) is 0 Å². The van der Waals surface area contributed by atoms with Gasteiger partial charge in [0.2, 0.25) is 0 Å². The van der Waals surface area contributed by atoms with Crippen LogP contribution in [-0.2, 0) is 4.79 Å². The van der Waals surface area contributed by atoms with Crippen molar-refractivity contribution in [2.45, 2.75) is 45.8 Å². The summed E-state index contributed by atoms with van der Waals surface area (Å²) < 4.78 is 4.95. The predicted octanol–water partition coefficient (Wildman–Crippen LogP) is 2.41. The van der Waals surface area contributed by atoms with E-state index in [1.54, 1.807) is 24.3 Å². The molecule has 0 amide bonds. The van der Waals surface area contributed by atoms with Crippen molar-refractivity contribution in [2.75, 3.05) is 0 Å². The third kappa shape index (κ3) is 5.41. The first kappa shape index (κ1) is 15.7. The minimum absolute atomic E-state index is 0.353. The van der Waals surface area contributed by atoms with E-state index in [0.29, 0.717) is 18.1 Å². The van der Waals surface area contributed by atoms with Gasteiger partial charge in [0.15, 0.2) is 0 Å². The number of esters is 1. The Morgan fingerprint density at radius 3 is 2.32 bits per heavy atom. The number of nitrogens with two attached hydrogens (primary N) is 1. The van der Waals surface area contributed by atoms with Crippen molar-refractivity contribution in [3.05, 3.63) is 29.8 Å². The molecule has 4 nitrogen and oxygen atoms in total. The van der Waals surface area contributed by atoms with E-state index in [0.717, 1.165) is 12.0 Å². The van der Waals surface area contributed by atoms with Crippen LogP contribution in [0.25, 0.3) is 0 Å². The SMILES string of the molecule is CC(=O)Oc1ccc([C@@H](N)[C@@H](O)CCC(C)C)cc1. The largest absolute Gasteiger partial charge is 0.427 e. The summed E-state index contributed by atoms with van der Waals surface area (Å²) in [4.78, 5) is 10.8. The predicted molar refractivity (Wildman–Crippen MR) is 74.8 cm³/mol. The average Bonchev–Trinajstić information content (AvgIpc) is 2.35. The van der Waals surface area contributed by atoms with Gasteiger partial charge in [-0.2, -0.15) is 0 Å². The molecule has 0 bridgehead atoms. The van der Waals surface area contributed by atoms with Crippen LogP contribution >= 0.6 is 0 Å². The lowest BCUT2D eigenvalue weighted by Crippen LogP contribution is -2.26. The fourth-order valence-electron chi connectivity index (χ4n) is 1.83. The number of rotatable bonds is 6. The topological polar surface area (TPSA) is 72.5 Å². The summed E-state index contributed by atoms with van der Waals surface area (Å²) >= 11 is 0. The van der Waals surface area contributed by atoms with Gasteiger partial charge < -0.3 is 15.6 Å². The molecule has 1 aromatic rings. The molecule has 0 fully saturated rings. The maximum Gasteiger partial charge on any atom is 0.308 e. The van der Waals surface area contributed by atoms with Crippen LogP contribution in [0.2, 0.25) is 0 Å². The highest BCUT2D eigenvalue weighted by Gasteiger charge is 2.17. The lowest BCUT2D eigenvalue weighted by Gasteiger charge is -2.20. The molecule has 0 aliphatic rings. The smallest absolute Gasteiger partial charge is 0.308 e. The first-order chi connectivity index (χ1) is 8.90. The Balaban J connectivity index is 2.61. The van der Waals surface area contributed by atoms with Crippen LogP contribution in [0, 0.1) is 5.92 Å². The molecule has 0 aliphatic heterocycles. The summed E-state index contributed by atoms with van der Waals surface area (Å²) in [5, 5.41) is 10.0. The molecule has 0 aliphatic carbocycles. The molecule has 0 spiro atoms. The van der Waals surface area contributed by atoms with Gasteiger partial charge in [-0.15, -0.1) is 0 Å². The molecular formula is C15H23NO3. The Bertz CT molecular complexity index is 400. The summed E-state index contributed by atoms with van der Waals surface area (Å²) in [6.45, 7) is 5.59. The molecule has 1 aromatic carbocycles. The Labute approximate surface area is 114 Å². The molecule has 0 saturated carbocycles. The molecule has 3 N–H and O–H groups in total. The second-order valence-corrected chi connectivity index (χ2v) is 5.23. The van der Waals surface area contributed by atoms with E-state index in [-0.39, 0.29) is 5.97 Å². The second-order valence-electron chi connectivity index (χ2n) is 5.23. The summed E-state index contributed by atoms with van der Waals surface area (Å²) in [5.74, 6) is 0.683. The fraction of sp³-hybridized carbons (Fsp3) is 0.533. The Morgan fingerprint density at radius 2 is 1.84 bits per heavy atom. The van der Waals surface area contributed by atoms with E-state index in [9.17, 15) is 9.90 Å². The minimum Gasteiger partial charge on any atom is -0.427 e. The van der Waals surface area contributed by atoms with Crippen molar-refractivity contribution in [3.63, 3.8) is 0 Å². The highest BCUT2D eigenvalue weighted by molar-refractivity contribution is 5.69. The Hall–Kier alpha value is -1.39. The van der Waals surface area contributed by atoms with E-state index in [1.807, 2.05) is 0 Å². The van der Waals surface area contributed by atoms with Crippen molar-refractivity contribution in [1.82, 2.24) is 0 Å². The van der Waals surface area contributed by atoms with Crippen LogP contribution in [0.4, 0.5) is 0 Å². The lowest BCUT2D eigenvalue weighted by atomic mass is 9.96. The molecule has 0 saturated heterocycles. The number of benzene rings is 1. The molecule has 1 rings (SSSR count). The van der Waals surface area contributed by atoms with Crippen LogP contribution in [0.15, 0.2) is 24.3 Å². The number of carbonyl (C=O) groups is 1. The number of ether oxygens (including phenoxy) is 1. The van der Waals surface area contributed by atoms with E-state index >= 15 is 0 Å². The standard InChI is InChI=1S/C15H23NO3/c1-10(2)4-9-14(18)15(16)12-5-7-13(8-6-12)19-11(3)17/h5-8,10,14-15,18H,4,9,16H2,1-3H3/t14-,15+/m0/s1. The maximum atomic E-state index is 10.8. The molecule has 0 heterocycles. The van der Waals surface area contributed by atoms with Gasteiger partial charge >= 0.3 is 5.97 Å². The zero-order valence-corrected chi connectivity index (χ0v) is 11.8. The highest BCUT2D eigenvalue weighted by Crippen LogP contribution is 2.22. The first-order valence-electron chi connectivity index (χ1n) is 6.62. The number of hydrogen-bond acceptors (Lipinski definition) is 4. The van der Waals surface area contributed by atoms with E-state index in [2.05, 4.69) is 13.8 Å². The zero-order chi connectivity index (χ0) is 14.4. The van der Waals surface area contributed by atoms with Gasteiger partial charge in [0, 0.05) is 6.92 Å². The van der Waals surface area contributed by atoms with Gasteiger partial charge in [-0.1, -0.05) is 26.0 Å². The van der Waals surface area contributed by atoms with E-state index in [1.165, 1.54) is 6.92 Å². The van der Waals surface area contributed by atoms with Crippen molar-refractivity contribution in [1.29, 1.82) is 0 Å². The molecule has 2 atom stereocenters. The van der Waals surface area contributed by atoms with E-state index < -0.39 is 12.1 Å². The fourth-order valence-corrected chi connectivity index (χ4v) is 1.83. The van der Waals surface area contributed by atoms with Crippen LogP contribution < -0.4 is 10.5 Å². The zero-order valence-electron chi connectivity index (χ0n) is 11.8. The van der Waals surface area contributed by atoms with Gasteiger partial charge in [-0.25, -0.2) is 0 Å². The van der Waals surface area contributed by atoms with Gasteiger partial charge in [0.25, 0.3) is 0 Å². The highest BCUT2D eigenvalue weighted by atomic mass is 16.5. The van der Waals surface area contributed by atoms with Crippen LogP contribution in [0.5, 0.6) is 5.75 Å². The maximum absolute atomic E-state index is 10.8. The third-order valence-corrected chi connectivity index (χ3v) is 2.98. The summed E-state index contributed by atoms with van der Waals surface area (Å²) in [7, 11) is 0. The second kappa shape index (κ2) is 7.26. The number of carbonyl (C=O) groups excluding carboxylic acids is 1. The van der Waals surface area contributed by atoms with Gasteiger partial charge in [0.1, 0.15) is 5.75 Å². The molecule has 0 unspecified atom stereocenters. The molecule has 0 radical (unpaired) electrons. The molecular weight excluding hydrogens is 242 g/mol. The van der Waals surface area contributed by atoms with Crippen molar-refractivity contribution in [2.24, 2.45) is 11.7 Å². The summed E-state index contributed by atoms with van der Waals surface area (Å²) in [5.41, 5.74) is 6.86. The quantitative estimate of drug-likeness (QED) is 0.612. The van der Waals surface area contributed by atoms with Crippen molar-refractivity contribution in [3.8, 4) is 5.75 Å². The Morgan fingerprint density at radius 1 is 1.26 bits per heavy atom. The molecule has 4 heteroatoms. The monoisotopic (exact) mass is 265 g/mol. The third-order valence-electron chi connectivity index (χ3n) is 2.98. The minimum atomic E-state index is -0.554. The van der Waals surface area contributed by atoms with Crippen LogP contribution in [0.1, 0.15) is 45.2 Å². The summed E-state index contributed by atoms with van der Waals surface area (Å²) in [6, 6.07) is 6.52.